The first-order valence-electron chi connectivity index (χ1n) is 13.8. The number of aliphatic hydroxyl groups is 2. The monoisotopic (exact) mass is 644 g/mol. The number of rotatable bonds is 6. The predicted octanol–water partition coefficient (Wildman–Crippen LogP) is 5.96. The van der Waals surface area contributed by atoms with Crippen molar-refractivity contribution in [1.82, 2.24) is 0 Å². The molecule has 0 spiro atoms. The van der Waals surface area contributed by atoms with Gasteiger partial charge in [-0.25, -0.2) is 0 Å². The number of halogens is 8. The number of fused-ring (bicyclic) bond motifs is 1. The maximum Gasteiger partial charge on any atom is 0.449 e. The summed E-state index contributed by atoms with van der Waals surface area (Å²) in [5, 5.41) is 19.0. The summed E-state index contributed by atoms with van der Waals surface area (Å²) in [5.41, 5.74) is -6.24. The maximum absolute atomic E-state index is 14.0. The van der Waals surface area contributed by atoms with Crippen LogP contribution in [0.4, 0.5) is 35.1 Å². The minimum Gasteiger partial charge on any atom is -0.456 e. The third-order valence-electron chi connectivity index (χ3n) is 8.74. The molecule has 1 aliphatic carbocycles. The van der Waals surface area contributed by atoms with E-state index in [1.54, 1.807) is 20.8 Å². The maximum atomic E-state index is 14.0. The molecule has 2 aliphatic heterocycles. The second-order valence-corrected chi connectivity index (χ2v) is 12.9. The Morgan fingerprint density at radius 1 is 0.860 bits per heavy atom. The van der Waals surface area contributed by atoms with Crippen LogP contribution in [0.2, 0.25) is 0 Å². The Labute approximate surface area is 244 Å². The van der Waals surface area contributed by atoms with Gasteiger partial charge >= 0.3 is 36.0 Å². The summed E-state index contributed by atoms with van der Waals surface area (Å²) in [4.78, 5) is 24.2. The quantitative estimate of drug-likeness (QED) is 0.269. The molecule has 3 fully saturated rings. The van der Waals surface area contributed by atoms with Gasteiger partial charge in [0.15, 0.2) is 0 Å². The average Bonchev–Trinajstić information content (AvgIpc) is 3.28. The second-order valence-electron chi connectivity index (χ2n) is 12.9. The van der Waals surface area contributed by atoms with E-state index in [0.29, 0.717) is 32.6 Å². The highest BCUT2D eigenvalue weighted by molar-refractivity contribution is 5.77. The van der Waals surface area contributed by atoms with Gasteiger partial charge in [-0.15, -0.1) is 0 Å². The van der Waals surface area contributed by atoms with Crippen LogP contribution in [0.15, 0.2) is 0 Å². The fourth-order valence-corrected chi connectivity index (χ4v) is 4.64. The molecule has 5 atom stereocenters. The topological polar surface area (TPSA) is 112 Å². The van der Waals surface area contributed by atoms with Crippen molar-refractivity contribution in [2.24, 2.45) is 10.8 Å². The van der Waals surface area contributed by atoms with Crippen molar-refractivity contribution in [3.63, 3.8) is 0 Å². The first-order chi connectivity index (χ1) is 19.1. The first kappa shape index (κ1) is 37.4. The Morgan fingerprint density at radius 2 is 1.35 bits per heavy atom. The summed E-state index contributed by atoms with van der Waals surface area (Å²) in [6, 6.07) is 0. The largest absolute Gasteiger partial charge is 0.456 e. The lowest BCUT2D eigenvalue weighted by Crippen LogP contribution is -2.63. The number of hydrogen-bond acceptors (Lipinski definition) is 8. The lowest BCUT2D eigenvalue weighted by Gasteiger charge is -2.39. The Bertz CT molecular complexity index is 1040. The van der Waals surface area contributed by atoms with E-state index in [9.17, 15) is 54.9 Å². The van der Waals surface area contributed by atoms with Crippen molar-refractivity contribution in [3.8, 4) is 0 Å². The predicted molar refractivity (Wildman–Crippen MR) is 132 cm³/mol. The molecule has 2 heterocycles. The van der Waals surface area contributed by atoms with Gasteiger partial charge in [0.2, 0.25) is 5.60 Å². The molecule has 0 aromatic rings. The van der Waals surface area contributed by atoms with E-state index in [-0.39, 0.29) is 12.8 Å². The van der Waals surface area contributed by atoms with Crippen LogP contribution in [0.1, 0.15) is 93.4 Å². The zero-order valence-electron chi connectivity index (χ0n) is 25.1. The van der Waals surface area contributed by atoms with Crippen molar-refractivity contribution < 1.29 is 73.9 Å². The Balaban J connectivity index is 0.000000301. The van der Waals surface area contributed by atoms with E-state index < -0.39 is 83.0 Å². The number of carbonyl (C=O) groups is 2. The van der Waals surface area contributed by atoms with Crippen LogP contribution in [-0.2, 0) is 28.5 Å². The van der Waals surface area contributed by atoms with E-state index in [2.05, 4.69) is 9.47 Å². The molecule has 0 amide bonds. The number of ether oxygens (including phenoxy) is 4. The highest BCUT2D eigenvalue weighted by Gasteiger charge is 2.83. The summed E-state index contributed by atoms with van der Waals surface area (Å²) < 4.78 is 124. The van der Waals surface area contributed by atoms with E-state index in [1.165, 1.54) is 13.8 Å². The molecule has 16 heteroatoms. The molecule has 2 saturated heterocycles. The number of alkyl halides is 8. The standard InChI is InChI=1S/C15H23F3O4.C12H17F5O4/c1-4-12(2,3)11(19)22-13-8-6-5-7-10(13)21-14(20,9-13)15(16,17)18;1-5-8(2,3)7(18)21-9(4)6-20-11(19,10(9,13)14)12(15,16)17/h10,20H,4-9H2,1-3H3;19H,5-6H2,1-4H3. The van der Waals surface area contributed by atoms with Gasteiger partial charge in [-0.1, -0.05) is 20.3 Å². The molecule has 3 aliphatic rings. The molecule has 0 aromatic heterocycles. The van der Waals surface area contributed by atoms with Gasteiger partial charge in [0, 0.05) is 0 Å². The minimum atomic E-state index is -5.74. The van der Waals surface area contributed by atoms with Gasteiger partial charge < -0.3 is 29.2 Å². The number of hydrogen-bond donors (Lipinski definition) is 2. The molecule has 0 aromatic carbocycles. The lowest BCUT2D eigenvalue weighted by atomic mass is 9.79. The second kappa shape index (κ2) is 11.5. The van der Waals surface area contributed by atoms with Gasteiger partial charge in [-0.05, 0) is 66.7 Å². The van der Waals surface area contributed by atoms with Crippen molar-refractivity contribution in [1.29, 1.82) is 0 Å². The molecule has 0 radical (unpaired) electrons. The molecular formula is C27H40F8O8. The molecule has 2 N–H and O–H groups in total. The van der Waals surface area contributed by atoms with Gasteiger partial charge in [0.05, 0.1) is 23.9 Å². The Kier molecular flexibility index (Phi) is 10.0. The molecule has 1 saturated carbocycles. The summed E-state index contributed by atoms with van der Waals surface area (Å²) in [6.45, 7) is 8.92. The summed E-state index contributed by atoms with van der Waals surface area (Å²) in [5.74, 6) is -14.4. The van der Waals surface area contributed by atoms with Crippen LogP contribution in [0.3, 0.4) is 0 Å². The third kappa shape index (κ3) is 6.62. The molecule has 8 nitrogen and oxygen atoms in total. The lowest BCUT2D eigenvalue weighted by molar-refractivity contribution is -0.409. The molecule has 43 heavy (non-hydrogen) atoms. The van der Waals surface area contributed by atoms with E-state index in [0.717, 1.165) is 0 Å². The molecular weight excluding hydrogens is 604 g/mol. The van der Waals surface area contributed by atoms with Gasteiger partial charge in [-0.3, -0.25) is 9.59 Å². The SMILES string of the molecule is CCC(C)(C)C(=O)OC1(C)COC(O)(C(F)(F)F)C1(F)F.CCC(C)(C)C(=O)OC12CCCCC1OC(O)(C(F)(F)F)C2. The van der Waals surface area contributed by atoms with Crippen molar-refractivity contribution in [2.75, 3.05) is 6.61 Å². The van der Waals surface area contributed by atoms with Crippen molar-refractivity contribution >= 4 is 11.9 Å². The summed E-state index contributed by atoms with van der Waals surface area (Å²) in [7, 11) is 0. The molecule has 0 bridgehead atoms. The summed E-state index contributed by atoms with van der Waals surface area (Å²) >= 11 is 0. The van der Waals surface area contributed by atoms with Crippen molar-refractivity contribution in [2.45, 2.75) is 141 Å². The highest BCUT2D eigenvalue weighted by Crippen LogP contribution is 2.55. The minimum absolute atomic E-state index is 0.234. The molecule has 5 unspecified atom stereocenters. The summed E-state index contributed by atoms with van der Waals surface area (Å²) in [6.07, 6.45) is -9.60. The first-order valence-corrected chi connectivity index (χ1v) is 13.8. The fraction of sp³-hybridized carbons (Fsp3) is 0.926. The van der Waals surface area contributed by atoms with E-state index in [1.807, 2.05) is 6.92 Å². The van der Waals surface area contributed by atoms with Crippen LogP contribution < -0.4 is 0 Å². The Morgan fingerprint density at radius 3 is 1.77 bits per heavy atom. The highest BCUT2D eigenvalue weighted by atomic mass is 19.4. The van der Waals surface area contributed by atoms with Crippen LogP contribution in [0, 0.1) is 10.8 Å². The van der Waals surface area contributed by atoms with Crippen molar-refractivity contribution in [3.05, 3.63) is 0 Å². The van der Waals surface area contributed by atoms with Gasteiger partial charge in [0.1, 0.15) is 11.7 Å². The zero-order valence-corrected chi connectivity index (χ0v) is 25.1. The normalized spacial score (nSPS) is 34.6. The van der Waals surface area contributed by atoms with Gasteiger partial charge in [-0.2, -0.15) is 35.1 Å². The van der Waals surface area contributed by atoms with Crippen LogP contribution >= 0.6 is 0 Å². The Hall–Kier alpha value is -1.78. The fourth-order valence-electron chi connectivity index (χ4n) is 4.64. The van der Waals surface area contributed by atoms with Crippen LogP contribution in [0.25, 0.3) is 0 Å². The van der Waals surface area contributed by atoms with Crippen LogP contribution in [-0.4, -0.2) is 75.9 Å². The smallest absolute Gasteiger partial charge is 0.449 e. The number of carbonyl (C=O) groups excluding carboxylic acids is 2. The van der Waals surface area contributed by atoms with E-state index >= 15 is 0 Å². The van der Waals surface area contributed by atoms with E-state index in [4.69, 9.17) is 9.47 Å². The number of esters is 2. The zero-order chi connectivity index (χ0) is 33.7. The van der Waals surface area contributed by atoms with Gasteiger partial charge in [0.25, 0.3) is 5.79 Å². The average molecular weight is 645 g/mol. The third-order valence-corrected chi connectivity index (χ3v) is 8.74. The van der Waals surface area contributed by atoms with Crippen LogP contribution in [0.5, 0.6) is 0 Å². The molecule has 3 rings (SSSR count). The molecule has 252 valence electrons.